The molecule has 0 unspecified atom stereocenters. The number of hydrogen-bond donors (Lipinski definition) is 1. The van der Waals surface area contributed by atoms with Crippen molar-refractivity contribution in [3.05, 3.63) is 33.8 Å². The number of aryl methyl sites for hydroxylation is 2. The Morgan fingerprint density at radius 2 is 2.00 bits per heavy atom. The van der Waals surface area contributed by atoms with Crippen LogP contribution in [0.1, 0.15) is 36.1 Å². The first-order valence-electron chi connectivity index (χ1n) is 7.63. The van der Waals surface area contributed by atoms with Gasteiger partial charge in [0.15, 0.2) is 0 Å². The fourth-order valence-corrected chi connectivity index (χ4v) is 4.15. The van der Waals surface area contributed by atoms with E-state index in [4.69, 9.17) is 11.6 Å². The van der Waals surface area contributed by atoms with Gasteiger partial charge < -0.3 is 5.32 Å². The third-order valence-corrected chi connectivity index (χ3v) is 6.11. The molecule has 6 heteroatoms. The Morgan fingerprint density at radius 3 is 2.59 bits per heavy atom. The van der Waals surface area contributed by atoms with Gasteiger partial charge in [0, 0.05) is 24.2 Å². The minimum Gasteiger partial charge on any atom is -0.310 e. The van der Waals surface area contributed by atoms with Crippen molar-refractivity contribution < 1.29 is 8.42 Å². The molecule has 1 aromatic rings. The van der Waals surface area contributed by atoms with Crippen LogP contribution in [0.3, 0.4) is 0 Å². The predicted octanol–water partition coefficient (Wildman–Crippen LogP) is 2.89. The SMILES string of the molecule is Cc1cc(Cl)c([C@H](C)NC[C@@H]2CCN(S(C)(=O)=O)C2)cc1C. The number of rotatable bonds is 5. The number of sulfonamides is 1. The van der Waals surface area contributed by atoms with E-state index in [0.29, 0.717) is 19.0 Å². The first-order valence-corrected chi connectivity index (χ1v) is 9.86. The van der Waals surface area contributed by atoms with E-state index in [1.54, 1.807) is 4.31 Å². The standard InChI is InChI=1S/C16H25ClN2O2S/c1-11-7-15(16(17)8-12(11)2)13(3)18-9-14-5-6-19(10-14)22(4,20)21/h7-8,13-14,18H,5-6,9-10H2,1-4H3/t13-,14-/m0/s1. The smallest absolute Gasteiger partial charge is 0.211 e. The zero-order valence-electron chi connectivity index (χ0n) is 13.7. The van der Waals surface area contributed by atoms with Crippen molar-refractivity contribution in [1.29, 1.82) is 0 Å². The van der Waals surface area contributed by atoms with Crippen LogP contribution < -0.4 is 5.32 Å². The molecule has 0 spiro atoms. The van der Waals surface area contributed by atoms with Gasteiger partial charge in [-0.15, -0.1) is 0 Å². The summed E-state index contributed by atoms with van der Waals surface area (Å²) in [6.07, 6.45) is 2.19. The van der Waals surface area contributed by atoms with E-state index in [0.717, 1.165) is 23.6 Å². The molecular weight excluding hydrogens is 320 g/mol. The predicted molar refractivity (Wildman–Crippen MR) is 91.9 cm³/mol. The monoisotopic (exact) mass is 344 g/mol. The Kier molecular flexibility index (Phi) is 5.54. The maximum absolute atomic E-state index is 11.5. The lowest BCUT2D eigenvalue weighted by atomic mass is 10.0. The molecule has 1 aliphatic rings. The van der Waals surface area contributed by atoms with Crippen molar-refractivity contribution in [2.75, 3.05) is 25.9 Å². The van der Waals surface area contributed by atoms with Crippen molar-refractivity contribution in [3.63, 3.8) is 0 Å². The fraction of sp³-hybridized carbons (Fsp3) is 0.625. The maximum atomic E-state index is 11.5. The largest absolute Gasteiger partial charge is 0.310 e. The summed E-state index contributed by atoms with van der Waals surface area (Å²) in [5.74, 6) is 0.363. The highest BCUT2D eigenvalue weighted by Gasteiger charge is 2.28. The third-order valence-electron chi connectivity index (χ3n) is 4.51. The van der Waals surface area contributed by atoms with Crippen LogP contribution >= 0.6 is 11.6 Å². The number of halogens is 1. The molecule has 4 nitrogen and oxygen atoms in total. The number of nitrogens with one attached hydrogen (secondary N) is 1. The average molecular weight is 345 g/mol. The molecule has 0 aliphatic carbocycles. The molecule has 0 saturated carbocycles. The second-order valence-corrected chi connectivity index (χ2v) is 8.75. The molecule has 124 valence electrons. The summed E-state index contributed by atoms with van der Waals surface area (Å²) in [6.45, 7) is 8.28. The Hall–Kier alpha value is -0.620. The summed E-state index contributed by atoms with van der Waals surface area (Å²) < 4.78 is 24.6. The summed E-state index contributed by atoms with van der Waals surface area (Å²) >= 11 is 6.35. The Balaban J connectivity index is 1.94. The van der Waals surface area contributed by atoms with Gasteiger partial charge in [-0.05, 0) is 62.4 Å². The van der Waals surface area contributed by atoms with Crippen LogP contribution in [0.25, 0.3) is 0 Å². The van der Waals surface area contributed by atoms with Gasteiger partial charge in [-0.3, -0.25) is 0 Å². The molecule has 1 aromatic carbocycles. The van der Waals surface area contributed by atoms with E-state index in [2.05, 4.69) is 32.2 Å². The summed E-state index contributed by atoms with van der Waals surface area (Å²) in [5, 5.41) is 4.28. The first kappa shape index (κ1) is 17.7. The lowest BCUT2D eigenvalue weighted by Gasteiger charge is -2.20. The summed E-state index contributed by atoms with van der Waals surface area (Å²) in [4.78, 5) is 0. The van der Waals surface area contributed by atoms with Crippen LogP contribution in [0, 0.1) is 19.8 Å². The van der Waals surface area contributed by atoms with Gasteiger partial charge in [0.05, 0.1) is 6.26 Å². The van der Waals surface area contributed by atoms with Gasteiger partial charge >= 0.3 is 0 Å². The first-order chi connectivity index (χ1) is 10.2. The highest BCUT2D eigenvalue weighted by molar-refractivity contribution is 7.88. The molecule has 2 atom stereocenters. The minimum atomic E-state index is -3.06. The van der Waals surface area contributed by atoms with Crippen molar-refractivity contribution in [2.45, 2.75) is 33.2 Å². The Labute approximate surface area is 138 Å². The molecule has 0 aromatic heterocycles. The van der Waals surface area contributed by atoms with Crippen molar-refractivity contribution in [2.24, 2.45) is 5.92 Å². The minimum absolute atomic E-state index is 0.152. The van der Waals surface area contributed by atoms with E-state index in [9.17, 15) is 8.42 Å². The van der Waals surface area contributed by atoms with Gasteiger partial charge in [-0.2, -0.15) is 0 Å². The van der Waals surface area contributed by atoms with E-state index in [1.165, 1.54) is 17.4 Å². The van der Waals surface area contributed by atoms with E-state index >= 15 is 0 Å². The average Bonchev–Trinajstić information content (AvgIpc) is 2.89. The van der Waals surface area contributed by atoms with Crippen LogP contribution in [-0.4, -0.2) is 38.6 Å². The van der Waals surface area contributed by atoms with Crippen molar-refractivity contribution in [3.8, 4) is 0 Å². The summed E-state index contributed by atoms with van der Waals surface area (Å²) in [7, 11) is -3.06. The molecule has 2 rings (SSSR count). The molecule has 1 saturated heterocycles. The molecular formula is C16H25ClN2O2S. The van der Waals surface area contributed by atoms with Crippen LogP contribution in [0.4, 0.5) is 0 Å². The summed E-state index contributed by atoms with van der Waals surface area (Å²) in [5.41, 5.74) is 3.53. The van der Waals surface area contributed by atoms with Crippen molar-refractivity contribution in [1.82, 2.24) is 9.62 Å². The number of nitrogens with zero attached hydrogens (tertiary/aromatic N) is 1. The van der Waals surface area contributed by atoms with E-state index in [-0.39, 0.29) is 6.04 Å². The van der Waals surface area contributed by atoms with Gasteiger partial charge in [0.25, 0.3) is 0 Å². The van der Waals surface area contributed by atoms with Crippen LogP contribution in [0.15, 0.2) is 12.1 Å². The fourth-order valence-electron chi connectivity index (χ4n) is 2.85. The lowest BCUT2D eigenvalue weighted by Crippen LogP contribution is -2.31. The van der Waals surface area contributed by atoms with E-state index in [1.807, 2.05) is 6.07 Å². The molecule has 0 amide bonds. The van der Waals surface area contributed by atoms with Gasteiger partial charge in [0.1, 0.15) is 0 Å². The Morgan fingerprint density at radius 1 is 1.36 bits per heavy atom. The second-order valence-electron chi connectivity index (χ2n) is 6.36. The highest BCUT2D eigenvalue weighted by atomic mass is 35.5. The zero-order valence-corrected chi connectivity index (χ0v) is 15.3. The molecule has 1 N–H and O–H groups in total. The highest BCUT2D eigenvalue weighted by Crippen LogP contribution is 2.27. The second kappa shape index (κ2) is 6.87. The molecule has 1 heterocycles. The normalized spacial score (nSPS) is 21.2. The number of benzene rings is 1. The molecule has 0 radical (unpaired) electrons. The molecule has 1 aliphatic heterocycles. The third kappa shape index (κ3) is 4.22. The van der Waals surface area contributed by atoms with E-state index < -0.39 is 10.0 Å². The zero-order chi connectivity index (χ0) is 16.5. The molecule has 0 bridgehead atoms. The van der Waals surface area contributed by atoms with Crippen LogP contribution in [0.2, 0.25) is 5.02 Å². The topological polar surface area (TPSA) is 49.4 Å². The van der Waals surface area contributed by atoms with Gasteiger partial charge in [-0.1, -0.05) is 17.7 Å². The molecule has 22 heavy (non-hydrogen) atoms. The number of hydrogen-bond acceptors (Lipinski definition) is 3. The van der Waals surface area contributed by atoms with Gasteiger partial charge in [0.2, 0.25) is 10.0 Å². The summed E-state index contributed by atoms with van der Waals surface area (Å²) in [6, 6.07) is 4.29. The molecule has 1 fully saturated rings. The maximum Gasteiger partial charge on any atom is 0.211 e. The lowest BCUT2D eigenvalue weighted by molar-refractivity contribution is 0.432. The Bertz CT molecular complexity index is 646. The van der Waals surface area contributed by atoms with Crippen LogP contribution in [0.5, 0.6) is 0 Å². The van der Waals surface area contributed by atoms with Gasteiger partial charge in [-0.25, -0.2) is 12.7 Å². The van der Waals surface area contributed by atoms with Crippen LogP contribution in [-0.2, 0) is 10.0 Å². The quantitative estimate of drug-likeness (QED) is 0.893. The van der Waals surface area contributed by atoms with Crippen molar-refractivity contribution >= 4 is 21.6 Å².